The lowest BCUT2D eigenvalue weighted by atomic mass is 10.2. The smallest absolute Gasteiger partial charge is 0.258 e. The van der Waals surface area contributed by atoms with Crippen molar-refractivity contribution in [1.82, 2.24) is 9.78 Å². The van der Waals surface area contributed by atoms with Crippen LogP contribution >= 0.6 is 23.4 Å². The third-order valence-electron chi connectivity index (χ3n) is 2.89. The minimum absolute atomic E-state index is 0.191. The normalized spacial score (nSPS) is 10.5. The van der Waals surface area contributed by atoms with Crippen molar-refractivity contribution in [2.75, 3.05) is 11.6 Å². The number of nitrogens with two attached hydrogens (primary N) is 1. The Bertz CT molecular complexity index is 702. The van der Waals surface area contributed by atoms with Crippen LogP contribution in [0.15, 0.2) is 35.4 Å². The largest absolute Gasteiger partial charge is 0.370 e. The summed E-state index contributed by atoms with van der Waals surface area (Å²) in [6.07, 6.45) is 3.78. The van der Waals surface area contributed by atoms with Crippen molar-refractivity contribution in [2.24, 2.45) is 5.73 Å². The lowest BCUT2D eigenvalue weighted by Crippen LogP contribution is -2.15. The maximum absolute atomic E-state index is 12.3. The predicted molar refractivity (Wildman–Crippen MR) is 87.2 cm³/mol. The molecule has 8 heteroatoms. The molecule has 0 aliphatic carbocycles. The Morgan fingerprint density at radius 3 is 2.86 bits per heavy atom. The molecule has 0 spiro atoms. The average molecular weight is 339 g/mol. The number of rotatable bonds is 6. The number of hydrogen-bond acceptors (Lipinski definition) is 4. The van der Waals surface area contributed by atoms with Gasteiger partial charge in [-0.15, -0.1) is 11.8 Å². The van der Waals surface area contributed by atoms with E-state index in [0.29, 0.717) is 22.9 Å². The van der Waals surface area contributed by atoms with Crippen LogP contribution in [-0.2, 0) is 11.3 Å². The van der Waals surface area contributed by atoms with E-state index in [1.54, 1.807) is 29.1 Å². The first-order chi connectivity index (χ1) is 10.5. The van der Waals surface area contributed by atoms with Crippen LogP contribution in [0.25, 0.3) is 0 Å². The lowest BCUT2D eigenvalue weighted by Gasteiger charge is -2.06. The number of aryl methyl sites for hydroxylation is 1. The van der Waals surface area contributed by atoms with E-state index < -0.39 is 5.91 Å². The Kier molecular flexibility index (Phi) is 5.46. The third-order valence-corrected chi connectivity index (χ3v) is 3.94. The Balaban J connectivity index is 2.07. The van der Waals surface area contributed by atoms with Crippen LogP contribution < -0.4 is 11.1 Å². The number of nitrogens with one attached hydrogen (secondary N) is 1. The second-order valence-corrected chi connectivity index (χ2v) is 5.77. The van der Waals surface area contributed by atoms with Gasteiger partial charge in [0.15, 0.2) is 5.82 Å². The predicted octanol–water partition coefficient (Wildman–Crippen LogP) is 2.39. The molecular weight excluding hydrogens is 324 g/mol. The lowest BCUT2D eigenvalue weighted by molar-refractivity contribution is -0.118. The summed E-state index contributed by atoms with van der Waals surface area (Å²) in [6.45, 7) is 0.369. The minimum Gasteiger partial charge on any atom is -0.370 e. The molecule has 116 valence electrons. The van der Waals surface area contributed by atoms with Gasteiger partial charge in [-0.3, -0.25) is 14.3 Å². The highest BCUT2D eigenvalue weighted by molar-refractivity contribution is 7.98. The molecule has 0 radical (unpaired) electrons. The molecule has 0 fully saturated rings. The standard InChI is InChI=1S/C14H15ClN4O2S/c1-22-9-2-3-11(15)10(8-9)14(21)17-13-5-7-19(18-13)6-4-12(16)20/h2-3,5,7-8H,4,6H2,1H3,(H2,16,20)(H,17,18,21). The summed E-state index contributed by atoms with van der Waals surface area (Å²) >= 11 is 7.58. The highest BCUT2D eigenvalue weighted by atomic mass is 35.5. The van der Waals surface area contributed by atoms with Gasteiger partial charge in [0.2, 0.25) is 5.91 Å². The molecule has 0 atom stereocenters. The molecule has 0 unspecified atom stereocenters. The quantitative estimate of drug-likeness (QED) is 0.791. The van der Waals surface area contributed by atoms with Crippen LogP contribution in [0.2, 0.25) is 5.02 Å². The molecule has 2 amide bonds. The van der Waals surface area contributed by atoms with Gasteiger partial charge >= 0.3 is 0 Å². The van der Waals surface area contributed by atoms with E-state index in [1.165, 1.54) is 11.8 Å². The highest BCUT2D eigenvalue weighted by Gasteiger charge is 2.13. The van der Waals surface area contributed by atoms with Gasteiger partial charge < -0.3 is 11.1 Å². The number of anilines is 1. The molecule has 2 rings (SSSR count). The van der Waals surface area contributed by atoms with Crippen LogP contribution in [-0.4, -0.2) is 27.9 Å². The summed E-state index contributed by atoms with van der Waals surface area (Å²) in [6, 6.07) is 6.91. The molecule has 0 bridgehead atoms. The van der Waals surface area contributed by atoms with Gasteiger partial charge in [-0.2, -0.15) is 5.10 Å². The van der Waals surface area contributed by atoms with E-state index in [4.69, 9.17) is 17.3 Å². The third kappa shape index (κ3) is 4.25. The van der Waals surface area contributed by atoms with E-state index in [2.05, 4.69) is 10.4 Å². The van der Waals surface area contributed by atoms with Crippen molar-refractivity contribution < 1.29 is 9.59 Å². The number of hydrogen-bond donors (Lipinski definition) is 2. The number of aromatic nitrogens is 2. The molecule has 6 nitrogen and oxygen atoms in total. The van der Waals surface area contributed by atoms with Crippen LogP contribution in [0, 0.1) is 0 Å². The van der Waals surface area contributed by atoms with Crippen molar-refractivity contribution in [2.45, 2.75) is 17.9 Å². The second kappa shape index (κ2) is 7.33. The zero-order valence-electron chi connectivity index (χ0n) is 11.9. The summed E-state index contributed by atoms with van der Waals surface area (Å²) in [5.74, 6) is -0.345. The number of carbonyl (C=O) groups is 2. The van der Waals surface area contributed by atoms with Gasteiger partial charge in [0.25, 0.3) is 5.91 Å². The van der Waals surface area contributed by atoms with Crippen molar-refractivity contribution in [3.8, 4) is 0 Å². The number of halogens is 1. The monoisotopic (exact) mass is 338 g/mol. The molecule has 1 heterocycles. The maximum atomic E-state index is 12.3. The van der Waals surface area contributed by atoms with Crippen molar-refractivity contribution in [3.63, 3.8) is 0 Å². The summed E-state index contributed by atoms with van der Waals surface area (Å²) in [5.41, 5.74) is 5.47. The fourth-order valence-electron chi connectivity index (χ4n) is 1.77. The SMILES string of the molecule is CSc1ccc(Cl)c(C(=O)Nc2ccn(CCC(N)=O)n2)c1. The molecular formula is C14H15ClN4O2S. The Hall–Kier alpha value is -1.99. The van der Waals surface area contributed by atoms with Gasteiger partial charge in [-0.25, -0.2) is 0 Å². The minimum atomic E-state index is -0.401. The van der Waals surface area contributed by atoms with E-state index in [-0.39, 0.29) is 12.3 Å². The van der Waals surface area contributed by atoms with Gasteiger partial charge in [-0.05, 0) is 24.5 Å². The number of carbonyl (C=O) groups excluding carboxylic acids is 2. The first kappa shape index (κ1) is 16.4. The molecule has 1 aromatic heterocycles. The summed E-state index contributed by atoms with van der Waals surface area (Å²) in [4.78, 5) is 23.9. The summed E-state index contributed by atoms with van der Waals surface area (Å²) < 4.78 is 1.54. The van der Waals surface area contributed by atoms with Gasteiger partial charge in [0.1, 0.15) is 0 Å². The fourth-order valence-corrected chi connectivity index (χ4v) is 2.41. The topological polar surface area (TPSA) is 90.0 Å². The summed E-state index contributed by atoms with van der Waals surface area (Å²) in [7, 11) is 0. The van der Waals surface area contributed by atoms with E-state index in [1.807, 2.05) is 12.3 Å². The van der Waals surface area contributed by atoms with Crippen LogP contribution in [0.5, 0.6) is 0 Å². The zero-order valence-corrected chi connectivity index (χ0v) is 13.4. The van der Waals surface area contributed by atoms with Crippen LogP contribution in [0.1, 0.15) is 16.8 Å². The van der Waals surface area contributed by atoms with E-state index >= 15 is 0 Å². The van der Waals surface area contributed by atoms with Crippen molar-refractivity contribution in [3.05, 3.63) is 41.0 Å². The molecule has 0 saturated heterocycles. The van der Waals surface area contributed by atoms with Crippen LogP contribution in [0.3, 0.4) is 0 Å². The van der Waals surface area contributed by atoms with Gasteiger partial charge in [0, 0.05) is 30.1 Å². The van der Waals surface area contributed by atoms with Crippen LogP contribution in [0.4, 0.5) is 5.82 Å². The highest BCUT2D eigenvalue weighted by Crippen LogP contribution is 2.23. The summed E-state index contributed by atoms with van der Waals surface area (Å²) in [5, 5.41) is 7.20. The number of nitrogens with zero attached hydrogens (tertiary/aromatic N) is 2. The number of primary amides is 1. The molecule has 0 aliphatic rings. The fraction of sp³-hybridized carbons (Fsp3) is 0.214. The Morgan fingerprint density at radius 2 is 2.18 bits per heavy atom. The zero-order chi connectivity index (χ0) is 16.1. The second-order valence-electron chi connectivity index (χ2n) is 4.48. The molecule has 2 aromatic rings. The number of amides is 2. The van der Waals surface area contributed by atoms with E-state index in [9.17, 15) is 9.59 Å². The Labute approximate surface area is 137 Å². The number of benzene rings is 1. The first-order valence-corrected chi connectivity index (χ1v) is 8.06. The molecule has 0 saturated carbocycles. The van der Waals surface area contributed by atoms with Gasteiger partial charge in [0.05, 0.1) is 10.6 Å². The molecule has 1 aromatic carbocycles. The van der Waals surface area contributed by atoms with E-state index in [0.717, 1.165) is 4.90 Å². The average Bonchev–Trinajstić information content (AvgIpc) is 2.93. The molecule has 22 heavy (non-hydrogen) atoms. The van der Waals surface area contributed by atoms with Crippen molar-refractivity contribution >= 4 is 41.0 Å². The molecule has 3 N–H and O–H groups in total. The van der Waals surface area contributed by atoms with Crippen molar-refractivity contribution in [1.29, 1.82) is 0 Å². The first-order valence-electron chi connectivity index (χ1n) is 6.46. The number of thioether (sulfide) groups is 1. The molecule has 0 aliphatic heterocycles. The maximum Gasteiger partial charge on any atom is 0.258 e. The van der Waals surface area contributed by atoms with Gasteiger partial charge in [-0.1, -0.05) is 11.6 Å². The Morgan fingerprint density at radius 1 is 1.41 bits per heavy atom.